The van der Waals surface area contributed by atoms with Crippen molar-refractivity contribution in [3.8, 4) is 0 Å². The Morgan fingerprint density at radius 2 is 2.06 bits per heavy atom. The van der Waals surface area contributed by atoms with Crippen LogP contribution in [0.1, 0.15) is 25.3 Å². The first-order valence-electron chi connectivity index (χ1n) is 5.16. The Hall–Kier alpha value is -0.670. The summed E-state index contributed by atoms with van der Waals surface area (Å²) in [7, 11) is 0. The lowest BCUT2D eigenvalue weighted by atomic mass is 10.2. The molecule has 0 saturated carbocycles. The van der Waals surface area contributed by atoms with Crippen molar-refractivity contribution in [2.75, 3.05) is 0 Å². The summed E-state index contributed by atoms with van der Waals surface area (Å²) in [6.45, 7) is 2.06. The van der Waals surface area contributed by atoms with Crippen LogP contribution in [0.3, 0.4) is 0 Å². The van der Waals surface area contributed by atoms with Gasteiger partial charge in [0.15, 0.2) is 0 Å². The molecule has 16 heavy (non-hydrogen) atoms. The van der Waals surface area contributed by atoms with Crippen LogP contribution in [0.5, 0.6) is 0 Å². The van der Waals surface area contributed by atoms with Gasteiger partial charge in [0.25, 0.3) is 0 Å². The van der Waals surface area contributed by atoms with E-state index in [9.17, 15) is 4.79 Å². The monoisotopic (exact) mass is 258 g/mol. The summed E-state index contributed by atoms with van der Waals surface area (Å²) in [6.07, 6.45) is 0.961. The van der Waals surface area contributed by atoms with E-state index in [1.807, 2.05) is 24.3 Å². The van der Waals surface area contributed by atoms with Crippen molar-refractivity contribution in [1.82, 2.24) is 0 Å². The van der Waals surface area contributed by atoms with E-state index >= 15 is 0 Å². The van der Waals surface area contributed by atoms with Crippen LogP contribution in [0, 0.1) is 0 Å². The molecule has 0 radical (unpaired) electrons. The zero-order valence-electron chi connectivity index (χ0n) is 9.15. The van der Waals surface area contributed by atoms with E-state index in [1.54, 1.807) is 11.8 Å². The van der Waals surface area contributed by atoms with Gasteiger partial charge in [0.05, 0.1) is 0 Å². The van der Waals surface area contributed by atoms with Gasteiger partial charge in [-0.15, -0.1) is 0 Å². The molecular formula is C12H15ClO2S. The lowest BCUT2D eigenvalue weighted by Crippen LogP contribution is -2.02. The third-order valence-electron chi connectivity index (χ3n) is 2.21. The van der Waals surface area contributed by atoms with Gasteiger partial charge in [0, 0.05) is 22.4 Å². The van der Waals surface area contributed by atoms with Crippen molar-refractivity contribution < 1.29 is 9.90 Å². The molecule has 4 heteroatoms. The third-order valence-corrected chi connectivity index (χ3v) is 3.77. The molecule has 1 rings (SSSR count). The van der Waals surface area contributed by atoms with E-state index < -0.39 is 5.97 Å². The molecule has 0 amide bonds. The second-order valence-corrected chi connectivity index (χ2v) is 5.54. The van der Waals surface area contributed by atoms with Crippen LogP contribution >= 0.6 is 23.4 Å². The van der Waals surface area contributed by atoms with Crippen molar-refractivity contribution in [1.29, 1.82) is 0 Å². The fourth-order valence-corrected chi connectivity index (χ4v) is 2.31. The quantitative estimate of drug-likeness (QED) is 0.843. The van der Waals surface area contributed by atoms with Gasteiger partial charge in [0.1, 0.15) is 0 Å². The standard InChI is InChI=1S/C12H15ClO2S/c1-9(2-7-12(14)15)16-8-10-3-5-11(13)6-4-10/h3-6,9H,2,7-8H2,1H3,(H,14,15). The smallest absolute Gasteiger partial charge is 0.303 e. The fraction of sp³-hybridized carbons (Fsp3) is 0.417. The van der Waals surface area contributed by atoms with Crippen molar-refractivity contribution in [3.63, 3.8) is 0 Å². The highest BCUT2D eigenvalue weighted by Gasteiger charge is 2.06. The number of hydrogen-bond acceptors (Lipinski definition) is 2. The SMILES string of the molecule is CC(CCC(=O)O)SCc1ccc(Cl)cc1. The lowest BCUT2D eigenvalue weighted by molar-refractivity contribution is -0.137. The first-order valence-corrected chi connectivity index (χ1v) is 6.58. The number of benzene rings is 1. The minimum Gasteiger partial charge on any atom is -0.481 e. The molecule has 0 spiro atoms. The molecule has 0 bridgehead atoms. The number of carboxylic acids is 1. The molecule has 0 heterocycles. The summed E-state index contributed by atoms with van der Waals surface area (Å²) in [5, 5.41) is 9.66. The Morgan fingerprint density at radius 3 is 2.62 bits per heavy atom. The van der Waals surface area contributed by atoms with Gasteiger partial charge < -0.3 is 5.11 Å². The molecule has 88 valence electrons. The largest absolute Gasteiger partial charge is 0.481 e. The van der Waals surface area contributed by atoms with Crippen LogP contribution in [0.15, 0.2) is 24.3 Å². The second kappa shape index (κ2) is 6.81. The molecule has 1 N–H and O–H groups in total. The molecule has 0 aliphatic rings. The Bertz CT molecular complexity index is 337. The van der Waals surface area contributed by atoms with Gasteiger partial charge in [-0.2, -0.15) is 11.8 Å². The van der Waals surface area contributed by atoms with Crippen LogP contribution in [-0.4, -0.2) is 16.3 Å². The van der Waals surface area contributed by atoms with E-state index in [1.165, 1.54) is 5.56 Å². The van der Waals surface area contributed by atoms with E-state index in [0.717, 1.165) is 10.8 Å². The number of aliphatic carboxylic acids is 1. The van der Waals surface area contributed by atoms with Crippen LogP contribution in [0.25, 0.3) is 0 Å². The Labute approximate surface area is 105 Å². The van der Waals surface area contributed by atoms with Crippen LogP contribution in [0.2, 0.25) is 5.02 Å². The highest BCUT2D eigenvalue weighted by Crippen LogP contribution is 2.21. The van der Waals surface area contributed by atoms with Crippen molar-refractivity contribution in [3.05, 3.63) is 34.9 Å². The van der Waals surface area contributed by atoms with E-state index in [-0.39, 0.29) is 6.42 Å². The maximum Gasteiger partial charge on any atom is 0.303 e. The highest BCUT2D eigenvalue weighted by molar-refractivity contribution is 7.99. The molecule has 0 saturated heterocycles. The van der Waals surface area contributed by atoms with Gasteiger partial charge in [0.2, 0.25) is 0 Å². The molecule has 0 aromatic heterocycles. The van der Waals surface area contributed by atoms with E-state index in [2.05, 4.69) is 6.92 Å². The zero-order chi connectivity index (χ0) is 12.0. The number of rotatable bonds is 6. The Morgan fingerprint density at radius 1 is 1.44 bits per heavy atom. The molecule has 0 fully saturated rings. The third kappa shape index (κ3) is 5.42. The number of carboxylic acid groups (broad SMARTS) is 1. The molecule has 1 unspecified atom stereocenters. The van der Waals surface area contributed by atoms with Gasteiger partial charge >= 0.3 is 5.97 Å². The first kappa shape index (κ1) is 13.4. The molecule has 1 aromatic rings. The molecular weight excluding hydrogens is 244 g/mol. The maximum atomic E-state index is 10.4. The van der Waals surface area contributed by atoms with Gasteiger partial charge in [-0.3, -0.25) is 4.79 Å². The van der Waals surface area contributed by atoms with Gasteiger partial charge in [-0.1, -0.05) is 30.7 Å². The molecule has 1 atom stereocenters. The Kier molecular flexibility index (Phi) is 5.71. The fourth-order valence-electron chi connectivity index (χ4n) is 1.23. The molecule has 1 aromatic carbocycles. The van der Waals surface area contributed by atoms with E-state index in [0.29, 0.717) is 11.7 Å². The number of thioether (sulfide) groups is 1. The minimum absolute atomic E-state index is 0.245. The van der Waals surface area contributed by atoms with Crippen LogP contribution in [-0.2, 0) is 10.5 Å². The maximum absolute atomic E-state index is 10.4. The van der Waals surface area contributed by atoms with Gasteiger partial charge in [-0.05, 0) is 24.1 Å². The van der Waals surface area contributed by atoms with Crippen molar-refractivity contribution in [2.45, 2.75) is 30.8 Å². The average molecular weight is 259 g/mol. The van der Waals surface area contributed by atoms with Crippen molar-refractivity contribution in [2.24, 2.45) is 0 Å². The van der Waals surface area contributed by atoms with Crippen LogP contribution < -0.4 is 0 Å². The summed E-state index contributed by atoms with van der Waals surface area (Å²) in [5.74, 6) is 0.178. The predicted octanol–water partition coefficient (Wildman–Crippen LogP) is 3.83. The number of hydrogen-bond donors (Lipinski definition) is 1. The van der Waals surface area contributed by atoms with Crippen LogP contribution in [0.4, 0.5) is 0 Å². The highest BCUT2D eigenvalue weighted by atomic mass is 35.5. The summed E-state index contributed by atoms with van der Waals surface area (Å²) in [4.78, 5) is 10.4. The minimum atomic E-state index is -0.723. The average Bonchev–Trinajstić information content (AvgIpc) is 2.25. The normalized spacial score (nSPS) is 12.4. The summed E-state index contributed by atoms with van der Waals surface area (Å²) in [5.41, 5.74) is 1.22. The molecule has 0 aliphatic heterocycles. The summed E-state index contributed by atoms with van der Waals surface area (Å²) >= 11 is 7.56. The number of halogens is 1. The van der Waals surface area contributed by atoms with E-state index in [4.69, 9.17) is 16.7 Å². The Balaban J connectivity index is 2.28. The van der Waals surface area contributed by atoms with Gasteiger partial charge in [-0.25, -0.2) is 0 Å². The molecule has 0 aliphatic carbocycles. The first-order chi connectivity index (χ1) is 7.58. The molecule has 2 nitrogen and oxygen atoms in total. The second-order valence-electron chi connectivity index (χ2n) is 3.68. The lowest BCUT2D eigenvalue weighted by Gasteiger charge is -2.09. The summed E-state index contributed by atoms with van der Waals surface area (Å²) < 4.78 is 0. The predicted molar refractivity (Wildman–Crippen MR) is 69.1 cm³/mol. The topological polar surface area (TPSA) is 37.3 Å². The zero-order valence-corrected chi connectivity index (χ0v) is 10.7. The van der Waals surface area contributed by atoms with Crippen molar-refractivity contribution >= 4 is 29.3 Å². The summed E-state index contributed by atoms with van der Waals surface area (Å²) in [6, 6.07) is 7.75. The number of carbonyl (C=O) groups is 1.